The Morgan fingerprint density at radius 3 is 1.83 bits per heavy atom. The average Bonchev–Trinajstić information content (AvgIpc) is 2.65. The molecule has 1 saturated heterocycles. The highest BCUT2D eigenvalue weighted by Crippen LogP contribution is 2.35. The summed E-state index contributed by atoms with van der Waals surface area (Å²) in [6.45, 7) is 1.65. The van der Waals surface area contributed by atoms with Crippen LogP contribution in [-0.2, 0) is 4.79 Å². The number of hydrogen-bond acceptors (Lipinski definition) is 2. The zero-order valence-corrected chi connectivity index (χ0v) is 13.5. The highest BCUT2D eigenvalue weighted by molar-refractivity contribution is 6.20. The third-order valence-electron chi connectivity index (χ3n) is 4.86. The van der Waals surface area contributed by atoms with Crippen LogP contribution in [0.25, 0.3) is 5.57 Å². The van der Waals surface area contributed by atoms with Gasteiger partial charge in [0.15, 0.2) is 5.78 Å². The molecule has 0 radical (unpaired) electrons. The first-order valence-electron chi connectivity index (χ1n) is 8.50. The van der Waals surface area contributed by atoms with Gasteiger partial charge in [0.25, 0.3) is 0 Å². The second kappa shape index (κ2) is 6.08. The summed E-state index contributed by atoms with van der Waals surface area (Å²) in [5.74, 6) is 0.0763. The van der Waals surface area contributed by atoms with Crippen LogP contribution in [0.1, 0.15) is 46.3 Å². The number of carbonyl (C=O) groups is 2. The van der Waals surface area contributed by atoms with E-state index in [0.29, 0.717) is 11.1 Å². The van der Waals surface area contributed by atoms with Crippen LogP contribution >= 0.6 is 0 Å². The Hall–Kier alpha value is -2.68. The summed E-state index contributed by atoms with van der Waals surface area (Å²) in [4.78, 5) is 27.4. The zero-order chi connectivity index (χ0) is 16.5. The number of benzene rings is 2. The van der Waals surface area contributed by atoms with Gasteiger partial charge in [-0.1, -0.05) is 48.5 Å². The van der Waals surface area contributed by atoms with E-state index in [0.717, 1.165) is 42.6 Å². The molecular weight excluding hydrogens is 298 g/mol. The lowest BCUT2D eigenvalue weighted by molar-refractivity contribution is -0.126. The van der Waals surface area contributed by atoms with Crippen LogP contribution in [0.4, 0.5) is 0 Å². The van der Waals surface area contributed by atoms with Gasteiger partial charge in [0.2, 0.25) is 5.91 Å². The first-order valence-corrected chi connectivity index (χ1v) is 8.50. The second-order valence-electron chi connectivity index (χ2n) is 6.36. The van der Waals surface area contributed by atoms with Crippen LogP contribution in [0, 0.1) is 0 Å². The maximum Gasteiger partial charge on any atom is 0.247 e. The summed E-state index contributed by atoms with van der Waals surface area (Å²) < 4.78 is 0. The molecule has 1 heterocycles. The molecular formula is C21H19NO2. The van der Waals surface area contributed by atoms with E-state index in [4.69, 9.17) is 0 Å². The third-order valence-corrected chi connectivity index (χ3v) is 4.86. The number of likely N-dealkylation sites (tertiary alicyclic amines) is 1. The van der Waals surface area contributed by atoms with Crippen molar-refractivity contribution in [2.75, 3.05) is 13.1 Å². The Kier molecular flexibility index (Phi) is 3.77. The van der Waals surface area contributed by atoms with Crippen molar-refractivity contribution in [1.82, 2.24) is 4.90 Å². The lowest BCUT2D eigenvalue weighted by Gasteiger charge is -2.27. The van der Waals surface area contributed by atoms with Crippen molar-refractivity contribution in [2.45, 2.75) is 19.3 Å². The minimum Gasteiger partial charge on any atom is -0.339 e. The molecule has 0 bridgehead atoms. The Labute approximate surface area is 141 Å². The summed E-state index contributed by atoms with van der Waals surface area (Å²) >= 11 is 0. The predicted molar refractivity (Wildman–Crippen MR) is 93.8 cm³/mol. The molecule has 4 rings (SSSR count). The van der Waals surface area contributed by atoms with Crippen molar-refractivity contribution in [3.05, 3.63) is 76.9 Å². The largest absolute Gasteiger partial charge is 0.339 e. The fraction of sp³-hybridized carbons (Fsp3) is 0.238. The fourth-order valence-corrected chi connectivity index (χ4v) is 3.61. The molecule has 0 spiro atoms. The van der Waals surface area contributed by atoms with Crippen molar-refractivity contribution in [3.8, 4) is 0 Å². The molecule has 3 nitrogen and oxygen atoms in total. The topological polar surface area (TPSA) is 37.4 Å². The van der Waals surface area contributed by atoms with E-state index >= 15 is 0 Å². The molecule has 2 aromatic rings. The zero-order valence-electron chi connectivity index (χ0n) is 13.5. The van der Waals surface area contributed by atoms with Gasteiger partial charge in [0.1, 0.15) is 0 Å². The van der Waals surface area contributed by atoms with Crippen LogP contribution in [0.5, 0.6) is 0 Å². The monoisotopic (exact) mass is 317 g/mol. The van der Waals surface area contributed by atoms with E-state index in [1.54, 1.807) is 6.08 Å². The van der Waals surface area contributed by atoms with Gasteiger partial charge in [0.05, 0.1) is 0 Å². The van der Waals surface area contributed by atoms with Gasteiger partial charge < -0.3 is 4.90 Å². The number of nitrogens with zero attached hydrogens (tertiary/aromatic N) is 1. The van der Waals surface area contributed by atoms with Crippen LogP contribution in [-0.4, -0.2) is 29.7 Å². The SMILES string of the molecule is O=C1c2ccccc2C(=CC(=O)N2CCCCC2)c2ccccc21. The van der Waals surface area contributed by atoms with E-state index in [1.165, 1.54) is 6.42 Å². The first kappa shape index (κ1) is 14.9. The van der Waals surface area contributed by atoms with E-state index in [1.807, 2.05) is 53.4 Å². The van der Waals surface area contributed by atoms with Crippen LogP contribution in [0.3, 0.4) is 0 Å². The minimum atomic E-state index is 0.0313. The van der Waals surface area contributed by atoms with Gasteiger partial charge in [-0.3, -0.25) is 9.59 Å². The van der Waals surface area contributed by atoms with Gasteiger partial charge in [0, 0.05) is 30.3 Å². The second-order valence-corrected chi connectivity index (χ2v) is 6.36. The van der Waals surface area contributed by atoms with Crippen molar-refractivity contribution < 1.29 is 9.59 Å². The molecule has 24 heavy (non-hydrogen) atoms. The molecule has 2 aromatic carbocycles. The number of rotatable bonds is 1. The summed E-state index contributed by atoms with van der Waals surface area (Å²) in [7, 11) is 0. The highest BCUT2D eigenvalue weighted by atomic mass is 16.2. The van der Waals surface area contributed by atoms with Crippen molar-refractivity contribution >= 4 is 17.3 Å². The molecule has 0 aromatic heterocycles. The third kappa shape index (κ3) is 2.46. The van der Waals surface area contributed by atoms with E-state index < -0.39 is 0 Å². The predicted octanol–water partition coefficient (Wildman–Crippen LogP) is 3.68. The maximum atomic E-state index is 12.7. The number of hydrogen-bond donors (Lipinski definition) is 0. The van der Waals surface area contributed by atoms with Gasteiger partial charge in [-0.2, -0.15) is 0 Å². The van der Waals surface area contributed by atoms with Crippen molar-refractivity contribution in [2.24, 2.45) is 0 Å². The summed E-state index contributed by atoms with van der Waals surface area (Å²) in [6, 6.07) is 15.1. The Bertz CT molecular complexity index is 793. The Morgan fingerprint density at radius 1 is 0.792 bits per heavy atom. The molecule has 3 heteroatoms. The van der Waals surface area contributed by atoms with Crippen LogP contribution in [0.2, 0.25) is 0 Å². The number of carbonyl (C=O) groups excluding carboxylic acids is 2. The molecule has 0 saturated carbocycles. The number of amides is 1. The molecule has 120 valence electrons. The van der Waals surface area contributed by atoms with Gasteiger partial charge in [-0.05, 0) is 36.0 Å². The number of piperidine rings is 1. The van der Waals surface area contributed by atoms with Crippen molar-refractivity contribution in [3.63, 3.8) is 0 Å². The summed E-state index contributed by atoms with van der Waals surface area (Å²) in [5, 5.41) is 0. The highest BCUT2D eigenvalue weighted by Gasteiger charge is 2.27. The molecule has 1 aliphatic carbocycles. The maximum absolute atomic E-state index is 12.7. The lowest BCUT2D eigenvalue weighted by atomic mass is 9.81. The van der Waals surface area contributed by atoms with Gasteiger partial charge in [-0.25, -0.2) is 0 Å². The first-order chi connectivity index (χ1) is 11.8. The van der Waals surface area contributed by atoms with Gasteiger partial charge >= 0.3 is 0 Å². The van der Waals surface area contributed by atoms with Crippen LogP contribution in [0.15, 0.2) is 54.6 Å². The molecule has 1 amide bonds. The molecule has 0 unspecified atom stereocenters. The Balaban J connectivity index is 1.83. The minimum absolute atomic E-state index is 0.0313. The summed E-state index contributed by atoms with van der Waals surface area (Å²) in [6.07, 6.45) is 5.05. The van der Waals surface area contributed by atoms with E-state index in [2.05, 4.69) is 0 Å². The van der Waals surface area contributed by atoms with E-state index in [-0.39, 0.29) is 11.7 Å². The lowest BCUT2D eigenvalue weighted by Crippen LogP contribution is -2.34. The fourth-order valence-electron chi connectivity index (χ4n) is 3.61. The van der Waals surface area contributed by atoms with Crippen LogP contribution < -0.4 is 0 Å². The standard InChI is InChI=1S/C21H19NO2/c23-20(22-12-6-1-7-13-22)14-19-15-8-2-4-10-17(15)21(24)18-11-5-3-9-16(18)19/h2-5,8-11,14H,1,6-7,12-13H2. The summed E-state index contributed by atoms with van der Waals surface area (Å²) in [5.41, 5.74) is 3.91. The molecule has 1 aliphatic heterocycles. The molecule has 0 atom stereocenters. The molecule has 0 N–H and O–H groups in total. The Morgan fingerprint density at radius 2 is 1.29 bits per heavy atom. The average molecular weight is 317 g/mol. The molecule has 2 aliphatic rings. The van der Waals surface area contributed by atoms with Gasteiger partial charge in [-0.15, -0.1) is 0 Å². The van der Waals surface area contributed by atoms with Crippen molar-refractivity contribution in [1.29, 1.82) is 0 Å². The van der Waals surface area contributed by atoms with E-state index in [9.17, 15) is 9.59 Å². The number of fused-ring (bicyclic) bond motifs is 2. The smallest absolute Gasteiger partial charge is 0.247 e. The number of ketones is 1. The quantitative estimate of drug-likeness (QED) is 0.642. The molecule has 1 fully saturated rings. The normalized spacial score (nSPS) is 16.4.